The Bertz CT molecular complexity index is 322. The van der Waals surface area contributed by atoms with Crippen molar-refractivity contribution in [1.82, 2.24) is 10.3 Å². The Balaban J connectivity index is 2.01. The van der Waals surface area contributed by atoms with Crippen LogP contribution in [0.3, 0.4) is 0 Å². The number of aromatic nitrogens is 1. The molecule has 0 fully saturated rings. The molecule has 0 saturated heterocycles. The minimum absolute atomic E-state index is 0.576. The minimum atomic E-state index is 0.576. The number of hydrogen-bond donors (Lipinski definition) is 1. The molecule has 1 aromatic rings. The predicted molar refractivity (Wildman–Crippen MR) is 68.9 cm³/mol. The number of nitrogens with one attached hydrogen (secondary N) is 1. The van der Waals surface area contributed by atoms with Crippen LogP contribution in [-0.2, 0) is 6.42 Å². The van der Waals surface area contributed by atoms with Gasteiger partial charge >= 0.3 is 0 Å². The van der Waals surface area contributed by atoms with E-state index in [1.165, 1.54) is 40.6 Å². The largest absolute Gasteiger partial charge is 0.308 e. The number of thioether (sulfide) groups is 1. The highest BCUT2D eigenvalue weighted by Gasteiger charge is 2.22. The van der Waals surface area contributed by atoms with Crippen molar-refractivity contribution in [3.63, 3.8) is 0 Å². The second-order valence-electron chi connectivity index (χ2n) is 3.94. The molecule has 1 aromatic heterocycles. The van der Waals surface area contributed by atoms with Gasteiger partial charge in [0, 0.05) is 23.2 Å². The molecule has 0 spiro atoms. The molecule has 1 aliphatic carbocycles. The van der Waals surface area contributed by atoms with E-state index in [0.29, 0.717) is 6.04 Å². The topological polar surface area (TPSA) is 24.9 Å². The quantitative estimate of drug-likeness (QED) is 0.822. The minimum Gasteiger partial charge on any atom is -0.308 e. The molecule has 2 nitrogen and oxygen atoms in total. The van der Waals surface area contributed by atoms with Crippen LogP contribution in [0.1, 0.15) is 34.5 Å². The molecule has 15 heavy (non-hydrogen) atoms. The first-order valence-corrected chi connectivity index (χ1v) is 7.71. The standard InChI is InChI=1S/C11H18N2S2/c1-8-13-10-5-3-4-9(11(10)15-8)12-6-7-14-2/h9,12H,3-7H2,1-2H3. The summed E-state index contributed by atoms with van der Waals surface area (Å²) in [6.07, 6.45) is 5.90. The maximum atomic E-state index is 4.60. The third-order valence-corrected chi connectivity index (χ3v) is 4.49. The molecular formula is C11H18N2S2. The molecule has 1 heterocycles. The molecule has 0 amide bonds. The first-order valence-electron chi connectivity index (χ1n) is 5.50. The lowest BCUT2D eigenvalue weighted by molar-refractivity contribution is 0.477. The van der Waals surface area contributed by atoms with Crippen LogP contribution in [-0.4, -0.2) is 23.5 Å². The monoisotopic (exact) mass is 242 g/mol. The fraction of sp³-hybridized carbons (Fsp3) is 0.727. The summed E-state index contributed by atoms with van der Waals surface area (Å²) < 4.78 is 0. The van der Waals surface area contributed by atoms with Crippen LogP contribution in [0.25, 0.3) is 0 Å². The Morgan fingerprint density at radius 3 is 3.27 bits per heavy atom. The van der Waals surface area contributed by atoms with Crippen LogP contribution >= 0.6 is 23.1 Å². The lowest BCUT2D eigenvalue weighted by atomic mass is 9.98. The second-order valence-corrected chi connectivity index (χ2v) is 6.16. The Morgan fingerprint density at radius 2 is 2.47 bits per heavy atom. The molecule has 0 bridgehead atoms. The smallest absolute Gasteiger partial charge is 0.0900 e. The Labute approximate surface area is 99.9 Å². The van der Waals surface area contributed by atoms with Gasteiger partial charge in [0.25, 0.3) is 0 Å². The molecule has 0 saturated carbocycles. The lowest BCUT2D eigenvalue weighted by Gasteiger charge is -2.22. The summed E-state index contributed by atoms with van der Waals surface area (Å²) in [4.78, 5) is 6.10. The van der Waals surface area contributed by atoms with Crippen molar-refractivity contribution in [3.05, 3.63) is 15.6 Å². The van der Waals surface area contributed by atoms with E-state index in [1.807, 2.05) is 23.1 Å². The van der Waals surface area contributed by atoms with E-state index < -0.39 is 0 Å². The number of rotatable bonds is 4. The van der Waals surface area contributed by atoms with Gasteiger partial charge in [-0.15, -0.1) is 11.3 Å². The normalized spacial score (nSPS) is 20.3. The van der Waals surface area contributed by atoms with Crippen molar-refractivity contribution in [2.45, 2.75) is 32.2 Å². The van der Waals surface area contributed by atoms with Gasteiger partial charge in [0.1, 0.15) is 0 Å². The summed E-state index contributed by atoms with van der Waals surface area (Å²) in [7, 11) is 0. The SMILES string of the molecule is CSCCNC1CCCc2nc(C)sc21. The maximum absolute atomic E-state index is 4.60. The Kier molecular flexibility index (Phi) is 4.05. The van der Waals surface area contributed by atoms with Gasteiger partial charge < -0.3 is 5.32 Å². The van der Waals surface area contributed by atoms with Crippen LogP contribution in [0.5, 0.6) is 0 Å². The van der Waals surface area contributed by atoms with Crippen LogP contribution in [0.4, 0.5) is 0 Å². The zero-order valence-electron chi connectivity index (χ0n) is 9.38. The molecule has 1 aliphatic rings. The van der Waals surface area contributed by atoms with E-state index in [2.05, 4.69) is 23.5 Å². The van der Waals surface area contributed by atoms with Crippen LogP contribution in [0.2, 0.25) is 0 Å². The summed E-state index contributed by atoms with van der Waals surface area (Å²) >= 11 is 3.78. The molecule has 1 unspecified atom stereocenters. The fourth-order valence-electron chi connectivity index (χ4n) is 2.07. The maximum Gasteiger partial charge on any atom is 0.0900 e. The van der Waals surface area contributed by atoms with E-state index in [4.69, 9.17) is 0 Å². The van der Waals surface area contributed by atoms with Gasteiger partial charge in [-0.25, -0.2) is 4.98 Å². The third kappa shape index (κ3) is 2.74. The molecule has 1 N–H and O–H groups in total. The molecule has 84 valence electrons. The first kappa shape index (κ1) is 11.4. The van der Waals surface area contributed by atoms with E-state index >= 15 is 0 Å². The zero-order valence-corrected chi connectivity index (χ0v) is 11.0. The van der Waals surface area contributed by atoms with Crippen molar-refractivity contribution in [3.8, 4) is 0 Å². The van der Waals surface area contributed by atoms with E-state index in [9.17, 15) is 0 Å². The van der Waals surface area contributed by atoms with Crippen LogP contribution in [0.15, 0.2) is 0 Å². The molecule has 2 rings (SSSR count). The second kappa shape index (κ2) is 5.32. The number of nitrogens with zero attached hydrogens (tertiary/aromatic N) is 1. The average Bonchev–Trinajstić information content (AvgIpc) is 2.59. The number of aryl methyl sites for hydroxylation is 2. The van der Waals surface area contributed by atoms with E-state index in [1.54, 1.807) is 0 Å². The highest BCUT2D eigenvalue weighted by Crippen LogP contribution is 2.33. The van der Waals surface area contributed by atoms with Crippen LogP contribution < -0.4 is 5.32 Å². The lowest BCUT2D eigenvalue weighted by Crippen LogP contribution is -2.26. The first-order chi connectivity index (χ1) is 7.31. The van der Waals surface area contributed by atoms with Crippen molar-refractivity contribution < 1.29 is 0 Å². The Hall–Kier alpha value is -0.0600. The fourth-order valence-corrected chi connectivity index (χ4v) is 3.48. The molecule has 0 aliphatic heterocycles. The van der Waals surface area contributed by atoms with Crippen molar-refractivity contribution in [1.29, 1.82) is 0 Å². The summed E-state index contributed by atoms with van der Waals surface area (Å²) in [5, 5.41) is 4.86. The van der Waals surface area contributed by atoms with E-state index in [-0.39, 0.29) is 0 Å². The summed E-state index contributed by atoms with van der Waals surface area (Å²) in [6, 6.07) is 0.576. The van der Waals surface area contributed by atoms with Gasteiger partial charge in [-0.3, -0.25) is 0 Å². The zero-order chi connectivity index (χ0) is 10.7. The van der Waals surface area contributed by atoms with Gasteiger partial charge in [0.15, 0.2) is 0 Å². The molecule has 1 atom stereocenters. The van der Waals surface area contributed by atoms with Gasteiger partial charge in [0.2, 0.25) is 0 Å². The van der Waals surface area contributed by atoms with Crippen LogP contribution in [0, 0.1) is 6.92 Å². The third-order valence-electron chi connectivity index (χ3n) is 2.75. The predicted octanol–water partition coefficient (Wildman–Crippen LogP) is 2.78. The van der Waals surface area contributed by atoms with Gasteiger partial charge in [0.05, 0.1) is 10.7 Å². The summed E-state index contributed by atoms with van der Waals surface area (Å²) in [5.74, 6) is 1.20. The van der Waals surface area contributed by atoms with Crippen molar-refractivity contribution >= 4 is 23.1 Å². The molecule has 4 heteroatoms. The number of thiazole rings is 1. The van der Waals surface area contributed by atoms with Gasteiger partial charge in [-0.05, 0) is 32.4 Å². The highest BCUT2D eigenvalue weighted by atomic mass is 32.2. The summed E-state index contributed by atoms with van der Waals surface area (Å²) in [5.41, 5.74) is 1.35. The average molecular weight is 242 g/mol. The van der Waals surface area contributed by atoms with Gasteiger partial charge in [-0.2, -0.15) is 11.8 Å². The Morgan fingerprint density at radius 1 is 1.60 bits per heavy atom. The highest BCUT2D eigenvalue weighted by molar-refractivity contribution is 7.98. The number of fused-ring (bicyclic) bond motifs is 1. The molecule has 0 aromatic carbocycles. The van der Waals surface area contributed by atoms with E-state index in [0.717, 1.165) is 6.54 Å². The molecule has 0 radical (unpaired) electrons. The van der Waals surface area contributed by atoms with Crippen molar-refractivity contribution in [2.24, 2.45) is 0 Å². The number of hydrogen-bond acceptors (Lipinski definition) is 4. The molecular weight excluding hydrogens is 224 g/mol. The van der Waals surface area contributed by atoms with Crippen molar-refractivity contribution in [2.75, 3.05) is 18.6 Å². The summed E-state index contributed by atoms with van der Waals surface area (Å²) in [6.45, 7) is 3.23. The van der Waals surface area contributed by atoms with Gasteiger partial charge in [-0.1, -0.05) is 0 Å².